The Morgan fingerprint density at radius 1 is 1.09 bits per heavy atom. The molecule has 4 rings (SSSR count). The second kappa shape index (κ2) is 5.52. The van der Waals surface area contributed by atoms with E-state index in [1.165, 1.54) is 5.56 Å². The predicted octanol–water partition coefficient (Wildman–Crippen LogP) is 3.12. The number of benzene rings is 2. The summed E-state index contributed by atoms with van der Waals surface area (Å²) in [6, 6.07) is 15.1. The van der Waals surface area contributed by atoms with Crippen molar-refractivity contribution in [3.63, 3.8) is 0 Å². The van der Waals surface area contributed by atoms with Crippen LogP contribution in [0.2, 0.25) is 5.02 Å². The van der Waals surface area contributed by atoms with Gasteiger partial charge in [0.25, 0.3) is 5.91 Å². The van der Waals surface area contributed by atoms with Crippen molar-refractivity contribution in [1.82, 2.24) is 15.0 Å². The van der Waals surface area contributed by atoms with Gasteiger partial charge in [-0.05, 0) is 42.3 Å². The molecule has 5 nitrogen and oxygen atoms in total. The molecular formula is C17H13ClN4O. The van der Waals surface area contributed by atoms with Crippen molar-refractivity contribution in [1.29, 1.82) is 0 Å². The van der Waals surface area contributed by atoms with Crippen LogP contribution in [0.15, 0.2) is 54.7 Å². The average Bonchev–Trinajstić information content (AvgIpc) is 3.22. The lowest BCUT2D eigenvalue weighted by molar-refractivity contribution is 0.0984. The third-order valence-electron chi connectivity index (χ3n) is 3.94. The number of halogens is 1. The molecular weight excluding hydrogens is 312 g/mol. The normalized spacial score (nSPS) is 13.2. The van der Waals surface area contributed by atoms with Crippen LogP contribution in [-0.4, -0.2) is 27.4 Å². The summed E-state index contributed by atoms with van der Waals surface area (Å²) in [4.78, 5) is 14.5. The lowest BCUT2D eigenvalue weighted by Gasteiger charge is -2.15. The molecule has 0 saturated heterocycles. The average molecular weight is 325 g/mol. The number of fused-ring (bicyclic) bond motifs is 1. The van der Waals surface area contributed by atoms with Crippen molar-refractivity contribution < 1.29 is 4.79 Å². The largest absolute Gasteiger partial charge is 0.306 e. The molecule has 0 radical (unpaired) electrons. The van der Waals surface area contributed by atoms with E-state index in [1.807, 2.05) is 36.4 Å². The number of carbonyl (C=O) groups is 1. The molecule has 0 bridgehead atoms. The summed E-state index contributed by atoms with van der Waals surface area (Å²) in [6.07, 6.45) is 2.51. The fraction of sp³-hybridized carbons (Fsp3) is 0.118. The number of hydrogen-bond acceptors (Lipinski definition) is 3. The molecule has 114 valence electrons. The summed E-state index contributed by atoms with van der Waals surface area (Å²) < 4.78 is 1.57. The first-order valence-corrected chi connectivity index (χ1v) is 7.68. The van der Waals surface area contributed by atoms with Crippen molar-refractivity contribution in [3.8, 4) is 5.69 Å². The topological polar surface area (TPSA) is 51.0 Å². The Labute approximate surface area is 138 Å². The molecule has 0 spiro atoms. The molecule has 2 aromatic carbocycles. The zero-order valence-corrected chi connectivity index (χ0v) is 12.9. The summed E-state index contributed by atoms with van der Waals surface area (Å²) in [7, 11) is 0. The lowest BCUT2D eigenvalue weighted by atomic mass is 10.2. The van der Waals surface area contributed by atoms with E-state index in [-0.39, 0.29) is 5.91 Å². The maximum Gasteiger partial charge on any atom is 0.280 e. The summed E-state index contributed by atoms with van der Waals surface area (Å²) >= 11 is 5.88. The van der Waals surface area contributed by atoms with Crippen LogP contribution in [0.5, 0.6) is 0 Å². The Morgan fingerprint density at radius 3 is 2.70 bits per heavy atom. The van der Waals surface area contributed by atoms with Crippen molar-refractivity contribution >= 4 is 23.2 Å². The van der Waals surface area contributed by atoms with Gasteiger partial charge in [-0.1, -0.05) is 35.0 Å². The number of carbonyl (C=O) groups excluding carboxylic acids is 1. The van der Waals surface area contributed by atoms with Gasteiger partial charge in [0.2, 0.25) is 0 Å². The highest BCUT2D eigenvalue weighted by atomic mass is 35.5. The van der Waals surface area contributed by atoms with Crippen LogP contribution in [0.3, 0.4) is 0 Å². The van der Waals surface area contributed by atoms with Crippen LogP contribution in [0, 0.1) is 0 Å². The molecule has 6 heteroatoms. The molecule has 2 heterocycles. The summed E-state index contributed by atoms with van der Waals surface area (Å²) in [5.74, 6) is -0.129. The van der Waals surface area contributed by atoms with E-state index in [4.69, 9.17) is 11.6 Å². The monoisotopic (exact) mass is 324 g/mol. The summed E-state index contributed by atoms with van der Waals surface area (Å²) in [5, 5.41) is 8.71. The number of hydrogen-bond donors (Lipinski definition) is 0. The van der Waals surface area contributed by atoms with Gasteiger partial charge in [-0.15, -0.1) is 5.10 Å². The van der Waals surface area contributed by atoms with E-state index in [9.17, 15) is 4.79 Å². The van der Waals surface area contributed by atoms with Gasteiger partial charge in [0.05, 0.1) is 11.9 Å². The fourth-order valence-corrected chi connectivity index (χ4v) is 2.90. The van der Waals surface area contributed by atoms with E-state index in [0.717, 1.165) is 17.8 Å². The van der Waals surface area contributed by atoms with Crippen molar-refractivity contribution in [3.05, 3.63) is 71.0 Å². The van der Waals surface area contributed by atoms with E-state index >= 15 is 0 Å². The third kappa shape index (κ3) is 2.49. The predicted molar refractivity (Wildman–Crippen MR) is 88.2 cm³/mol. The van der Waals surface area contributed by atoms with Crippen molar-refractivity contribution in [2.24, 2.45) is 0 Å². The van der Waals surface area contributed by atoms with Gasteiger partial charge >= 0.3 is 0 Å². The first-order valence-electron chi connectivity index (χ1n) is 7.30. The quantitative estimate of drug-likeness (QED) is 0.727. The minimum atomic E-state index is -0.129. The van der Waals surface area contributed by atoms with Crippen LogP contribution in [-0.2, 0) is 6.42 Å². The Bertz CT molecular complexity index is 872. The van der Waals surface area contributed by atoms with Crippen LogP contribution < -0.4 is 4.90 Å². The smallest absolute Gasteiger partial charge is 0.280 e. The first kappa shape index (κ1) is 14.0. The second-order valence-corrected chi connectivity index (χ2v) is 5.80. The third-order valence-corrected chi connectivity index (χ3v) is 4.19. The van der Waals surface area contributed by atoms with Gasteiger partial charge in [0.1, 0.15) is 0 Å². The Morgan fingerprint density at radius 2 is 1.87 bits per heavy atom. The first-order chi connectivity index (χ1) is 11.2. The highest BCUT2D eigenvalue weighted by molar-refractivity contribution is 6.30. The number of rotatable bonds is 2. The molecule has 1 amide bonds. The Balaban J connectivity index is 1.62. The molecule has 1 aliphatic rings. The van der Waals surface area contributed by atoms with Crippen molar-refractivity contribution in [2.75, 3.05) is 11.4 Å². The highest BCUT2D eigenvalue weighted by Gasteiger charge is 2.27. The SMILES string of the molecule is O=C(c1cn(-c2ccc(Cl)cc2)nn1)N1CCc2ccccc21. The summed E-state index contributed by atoms with van der Waals surface area (Å²) in [6.45, 7) is 0.673. The van der Waals surface area contributed by atoms with Crippen LogP contribution in [0.1, 0.15) is 16.1 Å². The Kier molecular flexibility index (Phi) is 3.35. The molecule has 0 fully saturated rings. The fourth-order valence-electron chi connectivity index (χ4n) is 2.77. The lowest BCUT2D eigenvalue weighted by Crippen LogP contribution is -2.29. The second-order valence-electron chi connectivity index (χ2n) is 5.36. The van der Waals surface area contributed by atoms with Crippen LogP contribution in [0.25, 0.3) is 5.69 Å². The van der Waals surface area contributed by atoms with Crippen LogP contribution in [0.4, 0.5) is 5.69 Å². The van der Waals surface area contributed by atoms with Crippen LogP contribution >= 0.6 is 11.6 Å². The van der Waals surface area contributed by atoms with Gasteiger partial charge < -0.3 is 4.90 Å². The van der Waals surface area contributed by atoms with Gasteiger partial charge in [0.15, 0.2) is 5.69 Å². The molecule has 0 aliphatic carbocycles. The Hall–Kier alpha value is -2.66. The molecule has 1 aliphatic heterocycles. The summed E-state index contributed by atoms with van der Waals surface area (Å²) in [5.41, 5.74) is 3.28. The van der Waals surface area contributed by atoms with E-state index in [0.29, 0.717) is 17.3 Å². The maximum atomic E-state index is 12.7. The standard InChI is InChI=1S/C17H13ClN4O/c18-13-5-7-14(8-6-13)22-11-15(19-20-22)17(23)21-10-9-12-3-1-2-4-16(12)21/h1-8,11H,9-10H2. The molecule has 23 heavy (non-hydrogen) atoms. The van der Waals surface area contributed by atoms with Crippen molar-refractivity contribution in [2.45, 2.75) is 6.42 Å². The van der Waals surface area contributed by atoms with Gasteiger partial charge in [-0.25, -0.2) is 4.68 Å². The molecule has 3 aromatic rings. The van der Waals surface area contributed by atoms with Gasteiger partial charge in [-0.2, -0.15) is 0 Å². The van der Waals surface area contributed by atoms with Gasteiger partial charge in [0, 0.05) is 17.3 Å². The number of nitrogens with zero attached hydrogens (tertiary/aromatic N) is 4. The number of anilines is 1. The van der Waals surface area contributed by atoms with Gasteiger partial charge in [-0.3, -0.25) is 4.79 Å². The number of para-hydroxylation sites is 1. The molecule has 0 unspecified atom stereocenters. The molecule has 0 saturated carbocycles. The number of aromatic nitrogens is 3. The molecule has 0 N–H and O–H groups in total. The molecule has 0 atom stereocenters. The minimum absolute atomic E-state index is 0.129. The van der Waals surface area contributed by atoms with E-state index in [2.05, 4.69) is 10.3 Å². The van der Waals surface area contributed by atoms with E-state index in [1.54, 1.807) is 27.9 Å². The number of amides is 1. The maximum absolute atomic E-state index is 12.7. The molecule has 1 aromatic heterocycles. The minimum Gasteiger partial charge on any atom is -0.306 e. The zero-order chi connectivity index (χ0) is 15.8. The highest BCUT2D eigenvalue weighted by Crippen LogP contribution is 2.28. The van der Waals surface area contributed by atoms with E-state index < -0.39 is 0 Å². The zero-order valence-electron chi connectivity index (χ0n) is 12.2.